The Morgan fingerprint density at radius 1 is 1.52 bits per heavy atom. The predicted molar refractivity (Wildman–Crippen MR) is 80.5 cm³/mol. The van der Waals surface area contributed by atoms with E-state index in [4.69, 9.17) is 25.8 Å². The highest BCUT2D eigenvalue weighted by atomic mass is 35.5. The molecule has 1 saturated heterocycles. The standard InChI is InChI=1S/C16H21ClO4/c1-3-19-16(18)7-5-12-4-6-13(17)8-15(12)11(2)20-9-14-10-21-14/h4,6,8,11,14H,3,5,7,9-10H2,1-2H3/t11-,14+/m1/s1. The Morgan fingerprint density at radius 2 is 2.29 bits per heavy atom. The van der Waals surface area contributed by atoms with E-state index in [2.05, 4.69) is 0 Å². The number of esters is 1. The van der Waals surface area contributed by atoms with Gasteiger partial charge < -0.3 is 14.2 Å². The van der Waals surface area contributed by atoms with Gasteiger partial charge in [0.1, 0.15) is 6.10 Å². The monoisotopic (exact) mass is 312 g/mol. The number of ether oxygens (including phenoxy) is 3. The molecule has 1 fully saturated rings. The van der Waals surface area contributed by atoms with Gasteiger partial charge in [0.2, 0.25) is 0 Å². The van der Waals surface area contributed by atoms with Crippen molar-refractivity contribution in [1.29, 1.82) is 0 Å². The number of carbonyl (C=O) groups is 1. The van der Waals surface area contributed by atoms with Crippen molar-refractivity contribution in [3.8, 4) is 0 Å². The third-order valence-corrected chi connectivity index (χ3v) is 3.62. The molecule has 0 unspecified atom stereocenters. The maximum atomic E-state index is 11.5. The van der Waals surface area contributed by atoms with Gasteiger partial charge in [-0.05, 0) is 43.5 Å². The largest absolute Gasteiger partial charge is 0.466 e. The van der Waals surface area contributed by atoms with Gasteiger partial charge in [-0.15, -0.1) is 0 Å². The molecule has 2 rings (SSSR count). The average Bonchev–Trinajstić information content (AvgIpc) is 3.28. The molecule has 2 atom stereocenters. The molecule has 0 amide bonds. The third kappa shape index (κ3) is 5.30. The smallest absolute Gasteiger partial charge is 0.306 e. The molecule has 0 N–H and O–H groups in total. The maximum absolute atomic E-state index is 11.5. The Labute approximate surface area is 130 Å². The molecule has 1 aliphatic rings. The van der Waals surface area contributed by atoms with Crippen LogP contribution in [-0.2, 0) is 25.4 Å². The lowest BCUT2D eigenvalue weighted by molar-refractivity contribution is -0.143. The number of halogens is 1. The summed E-state index contributed by atoms with van der Waals surface area (Å²) in [4.78, 5) is 11.5. The topological polar surface area (TPSA) is 48.1 Å². The van der Waals surface area contributed by atoms with Gasteiger partial charge in [-0.1, -0.05) is 17.7 Å². The molecule has 116 valence electrons. The van der Waals surface area contributed by atoms with Gasteiger partial charge in [0.25, 0.3) is 0 Å². The van der Waals surface area contributed by atoms with Crippen LogP contribution in [0.3, 0.4) is 0 Å². The highest BCUT2D eigenvalue weighted by molar-refractivity contribution is 6.30. The van der Waals surface area contributed by atoms with Crippen LogP contribution in [0.25, 0.3) is 0 Å². The van der Waals surface area contributed by atoms with Crippen LogP contribution in [0.4, 0.5) is 0 Å². The normalized spacial score (nSPS) is 18.3. The van der Waals surface area contributed by atoms with Crippen molar-refractivity contribution in [3.63, 3.8) is 0 Å². The van der Waals surface area contributed by atoms with E-state index in [9.17, 15) is 4.79 Å². The zero-order valence-corrected chi connectivity index (χ0v) is 13.2. The number of hydrogen-bond donors (Lipinski definition) is 0. The summed E-state index contributed by atoms with van der Waals surface area (Å²) in [5.74, 6) is -0.182. The Bertz CT molecular complexity index is 485. The Balaban J connectivity index is 1.99. The third-order valence-electron chi connectivity index (χ3n) is 3.38. The minimum atomic E-state index is -0.182. The fourth-order valence-electron chi connectivity index (χ4n) is 2.15. The van der Waals surface area contributed by atoms with Crippen molar-refractivity contribution in [3.05, 3.63) is 34.3 Å². The molecule has 1 aromatic rings. The lowest BCUT2D eigenvalue weighted by Crippen LogP contribution is -2.10. The minimum Gasteiger partial charge on any atom is -0.466 e. The summed E-state index contributed by atoms with van der Waals surface area (Å²) in [5, 5.41) is 0.669. The number of aryl methyl sites for hydroxylation is 1. The van der Waals surface area contributed by atoms with Crippen LogP contribution in [-0.4, -0.2) is 31.9 Å². The van der Waals surface area contributed by atoms with Gasteiger partial charge in [0, 0.05) is 11.4 Å². The molecule has 1 heterocycles. The molecule has 0 aliphatic carbocycles. The zero-order valence-electron chi connectivity index (χ0n) is 12.4. The molecule has 1 aromatic carbocycles. The summed E-state index contributed by atoms with van der Waals surface area (Å²) in [6.07, 6.45) is 1.14. The van der Waals surface area contributed by atoms with Crippen LogP contribution in [0.5, 0.6) is 0 Å². The lowest BCUT2D eigenvalue weighted by Gasteiger charge is -2.17. The quantitative estimate of drug-likeness (QED) is 0.546. The van der Waals surface area contributed by atoms with Crippen molar-refractivity contribution in [2.24, 2.45) is 0 Å². The van der Waals surface area contributed by atoms with E-state index >= 15 is 0 Å². The molecular formula is C16H21ClO4. The molecule has 1 aliphatic heterocycles. The number of epoxide rings is 1. The van der Waals surface area contributed by atoms with E-state index in [0.717, 1.165) is 17.7 Å². The van der Waals surface area contributed by atoms with E-state index in [-0.39, 0.29) is 18.2 Å². The van der Waals surface area contributed by atoms with Gasteiger partial charge in [-0.3, -0.25) is 4.79 Å². The van der Waals surface area contributed by atoms with Crippen molar-refractivity contribution in [2.45, 2.75) is 38.9 Å². The average molecular weight is 313 g/mol. The van der Waals surface area contributed by atoms with Crippen molar-refractivity contribution >= 4 is 17.6 Å². The summed E-state index contributed by atoms with van der Waals surface area (Å²) in [7, 11) is 0. The first-order chi connectivity index (χ1) is 10.1. The SMILES string of the molecule is CCOC(=O)CCc1ccc(Cl)cc1[C@@H](C)OC[C@H]1CO1. The molecule has 0 bridgehead atoms. The van der Waals surface area contributed by atoms with E-state index in [0.29, 0.717) is 31.1 Å². The maximum Gasteiger partial charge on any atom is 0.306 e. The second kappa shape index (κ2) is 7.78. The van der Waals surface area contributed by atoms with Gasteiger partial charge in [0.15, 0.2) is 0 Å². The van der Waals surface area contributed by atoms with E-state index < -0.39 is 0 Å². The molecule has 21 heavy (non-hydrogen) atoms. The van der Waals surface area contributed by atoms with Crippen molar-refractivity contribution in [1.82, 2.24) is 0 Å². The van der Waals surface area contributed by atoms with Crippen LogP contribution < -0.4 is 0 Å². The Kier molecular flexibility index (Phi) is 6.03. The number of carbonyl (C=O) groups excluding carboxylic acids is 1. The van der Waals surface area contributed by atoms with E-state index in [1.54, 1.807) is 0 Å². The zero-order chi connectivity index (χ0) is 15.2. The van der Waals surface area contributed by atoms with Crippen LogP contribution in [0.2, 0.25) is 5.02 Å². The highest BCUT2D eigenvalue weighted by Gasteiger charge is 2.24. The first-order valence-corrected chi connectivity index (χ1v) is 7.65. The molecular weight excluding hydrogens is 292 g/mol. The van der Waals surface area contributed by atoms with Crippen molar-refractivity contribution < 1.29 is 19.0 Å². The van der Waals surface area contributed by atoms with Crippen LogP contribution >= 0.6 is 11.6 Å². The number of hydrogen-bond acceptors (Lipinski definition) is 4. The van der Waals surface area contributed by atoms with Gasteiger partial charge in [-0.25, -0.2) is 0 Å². The summed E-state index contributed by atoms with van der Waals surface area (Å²) >= 11 is 6.08. The second-order valence-corrected chi connectivity index (χ2v) is 5.52. The van der Waals surface area contributed by atoms with Gasteiger partial charge >= 0.3 is 5.97 Å². The summed E-state index contributed by atoms with van der Waals surface area (Å²) in [6.45, 7) is 5.57. The molecule has 0 spiro atoms. The molecule has 0 radical (unpaired) electrons. The summed E-state index contributed by atoms with van der Waals surface area (Å²) in [6, 6.07) is 5.69. The summed E-state index contributed by atoms with van der Waals surface area (Å²) < 4.78 is 15.9. The fraction of sp³-hybridized carbons (Fsp3) is 0.562. The first-order valence-electron chi connectivity index (χ1n) is 7.27. The van der Waals surface area contributed by atoms with E-state index in [1.165, 1.54) is 0 Å². The molecule has 0 aromatic heterocycles. The molecule has 4 nitrogen and oxygen atoms in total. The van der Waals surface area contributed by atoms with Crippen LogP contribution in [0.1, 0.15) is 37.5 Å². The summed E-state index contributed by atoms with van der Waals surface area (Å²) in [5.41, 5.74) is 2.09. The van der Waals surface area contributed by atoms with E-state index in [1.807, 2.05) is 32.0 Å². The van der Waals surface area contributed by atoms with Gasteiger partial charge in [-0.2, -0.15) is 0 Å². The molecule has 5 heteroatoms. The number of rotatable bonds is 8. The Hall–Kier alpha value is -1.10. The lowest BCUT2D eigenvalue weighted by atomic mass is 9.99. The van der Waals surface area contributed by atoms with Crippen LogP contribution in [0.15, 0.2) is 18.2 Å². The number of benzene rings is 1. The predicted octanol–water partition coefficient (Wildman–Crippen LogP) is 3.31. The van der Waals surface area contributed by atoms with Gasteiger partial charge in [0.05, 0.1) is 25.9 Å². The Morgan fingerprint density at radius 3 is 2.95 bits per heavy atom. The van der Waals surface area contributed by atoms with Crippen LogP contribution in [0, 0.1) is 0 Å². The van der Waals surface area contributed by atoms with Crippen molar-refractivity contribution in [2.75, 3.05) is 19.8 Å². The minimum absolute atomic E-state index is 0.0786. The second-order valence-electron chi connectivity index (χ2n) is 5.08. The highest BCUT2D eigenvalue weighted by Crippen LogP contribution is 2.27. The first kappa shape index (κ1) is 16.3. The molecule has 0 saturated carbocycles. The fourth-order valence-corrected chi connectivity index (χ4v) is 2.33.